The number of nitrogens with zero attached hydrogens (tertiary/aromatic N) is 9. The summed E-state index contributed by atoms with van der Waals surface area (Å²) in [7, 11) is 1.92. The molecule has 4 aromatic heterocycles. The molecule has 1 fully saturated rings. The van der Waals surface area contributed by atoms with Gasteiger partial charge in [-0.3, -0.25) is 9.25 Å². The number of aryl methyl sites for hydroxylation is 2. The quantitative estimate of drug-likeness (QED) is 0.469. The minimum absolute atomic E-state index is 0.0745. The van der Waals surface area contributed by atoms with Gasteiger partial charge in [0.25, 0.3) is 0 Å². The number of thiazole rings is 1. The van der Waals surface area contributed by atoms with Crippen molar-refractivity contribution in [3.05, 3.63) is 35.6 Å². The van der Waals surface area contributed by atoms with Crippen molar-refractivity contribution in [2.75, 3.05) is 18.1 Å². The van der Waals surface area contributed by atoms with Gasteiger partial charge in [-0.2, -0.15) is 5.10 Å². The third kappa shape index (κ3) is 2.81. The highest BCUT2D eigenvalue weighted by Crippen LogP contribution is 2.42. The maximum atomic E-state index is 5.75. The Bertz CT molecular complexity index is 1270. The third-order valence-corrected chi connectivity index (χ3v) is 7.00. The van der Waals surface area contributed by atoms with Crippen LogP contribution >= 0.6 is 11.3 Å². The van der Waals surface area contributed by atoms with Crippen LogP contribution in [0.25, 0.3) is 27.8 Å². The van der Waals surface area contributed by atoms with Crippen LogP contribution in [0.3, 0.4) is 0 Å². The number of anilines is 1. The van der Waals surface area contributed by atoms with Gasteiger partial charge in [0.2, 0.25) is 0 Å². The molecule has 2 unspecified atom stereocenters. The molecule has 2 atom stereocenters. The zero-order chi connectivity index (χ0) is 21.8. The molecule has 6 heterocycles. The minimum atomic E-state index is 0.0745. The number of hydrogen-bond donors (Lipinski definition) is 0. The number of ether oxygens (including phenoxy) is 1. The molecule has 0 aliphatic carbocycles. The van der Waals surface area contributed by atoms with Crippen molar-refractivity contribution in [3.63, 3.8) is 0 Å². The van der Waals surface area contributed by atoms with Crippen LogP contribution in [0.4, 0.5) is 5.82 Å². The van der Waals surface area contributed by atoms with Gasteiger partial charge in [-0.25, -0.2) is 15.0 Å². The van der Waals surface area contributed by atoms with Crippen LogP contribution in [-0.4, -0.2) is 58.8 Å². The molecule has 2 aliphatic heterocycles. The highest BCUT2D eigenvalue weighted by Gasteiger charge is 2.40. The van der Waals surface area contributed by atoms with Crippen LogP contribution in [0.1, 0.15) is 37.5 Å². The van der Waals surface area contributed by atoms with E-state index in [1.54, 1.807) is 17.5 Å². The zero-order valence-corrected chi connectivity index (χ0v) is 19.0. The first-order chi connectivity index (χ1) is 15.7. The molecule has 2 aliphatic rings. The first kappa shape index (κ1) is 19.5. The van der Waals surface area contributed by atoms with Crippen molar-refractivity contribution in [1.29, 1.82) is 0 Å². The fourth-order valence-electron chi connectivity index (χ4n) is 4.75. The van der Waals surface area contributed by atoms with E-state index in [-0.39, 0.29) is 12.1 Å². The Morgan fingerprint density at radius 2 is 2.12 bits per heavy atom. The molecule has 0 amide bonds. The van der Waals surface area contributed by atoms with Gasteiger partial charge in [-0.05, 0) is 19.8 Å². The standard InChI is InChI=1S/C21H23N9OS/c1-4-15-20-27-26-12(2)29(20)16-10-23-18(25-19(16)30(15)13-5-7-31-11-13)14-9-24-28(3)17(14)21-22-6-8-32-21/h6,8-10,13,15H,4-5,7,11H2,1-3H3. The smallest absolute Gasteiger partial charge is 0.165 e. The lowest BCUT2D eigenvalue weighted by Crippen LogP contribution is -2.43. The summed E-state index contributed by atoms with van der Waals surface area (Å²) in [5.41, 5.74) is 2.69. The first-order valence-electron chi connectivity index (χ1n) is 10.7. The molecule has 32 heavy (non-hydrogen) atoms. The van der Waals surface area contributed by atoms with Crippen molar-refractivity contribution >= 4 is 17.2 Å². The Labute approximate surface area is 188 Å². The molecule has 11 heteroatoms. The van der Waals surface area contributed by atoms with E-state index in [2.05, 4.69) is 36.7 Å². The van der Waals surface area contributed by atoms with Crippen molar-refractivity contribution in [2.45, 2.75) is 38.8 Å². The summed E-state index contributed by atoms with van der Waals surface area (Å²) in [6, 6.07) is 0.310. The molecular formula is C21H23N9OS. The SMILES string of the molecule is CCC1c2nnc(C)n2-c2cnc(-c3cnn(C)c3-c3nccs3)nc2N1C1CCOC1. The van der Waals surface area contributed by atoms with Gasteiger partial charge in [0.15, 0.2) is 17.5 Å². The second kappa shape index (κ2) is 7.45. The van der Waals surface area contributed by atoms with Gasteiger partial charge in [0.05, 0.1) is 36.6 Å². The van der Waals surface area contributed by atoms with Crippen LogP contribution in [0.5, 0.6) is 0 Å². The summed E-state index contributed by atoms with van der Waals surface area (Å²) in [6.45, 7) is 5.58. The zero-order valence-electron chi connectivity index (χ0n) is 18.1. The topological polar surface area (TPSA) is 99.7 Å². The van der Waals surface area contributed by atoms with E-state index in [4.69, 9.17) is 14.7 Å². The number of hydrogen-bond acceptors (Lipinski definition) is 9. The van der Waals surface area contributed by atoms with Crippen LogP contribution in [0, 0.1) is 6.92 Å². The highest BCUT2D eigenvalue weighted by atomic mass is 32.1. The van der Waals surface area contributed by atoms with Crippen molar-refractivity contribution in [2.24, 2.45) is 7.05 Å². The van der Waals surface area contributed by atoms with Gasteiger partial charge >= 0.3 is 0 Å². The highest BCUT2D eigenvalue weighted by molar-refractivity contribution is 7.13. The molecule has 6 rings (SSSR count). The van der Waals surface area contributed by atoms with E-state index < -0.39 is 0 Å². The van der Waals surface area contributed by atoms with E-state index in [9.17, 15) is 0 Å². The van der Waals surface area contributed by atoms with Gasteiger partial charge in [-0.15, -0.1) is 21.5 Å². The summed E-state index contributed by atoms with van der Waals surface area (Å²) in [4.78, 5) is 16.7. The Balaban J connectivity index is 1.56. The maximum absolute atomic E-state index is 5.75. The van der Waals surface area contributed by atoms with Gasteiger partial charge in [0, 0.05) is 25.2 Å². The predicted octanol–water partition coefficient (Wildman–Crippen LogP) is 2.95. The van der Waals surface area contributed by atoms with E-state index >= 15 is 0 Å². The molecule has 0 aromatic carbocycles. The van der Waals surface area contributed by atoms with Gasteiger partial charge < -0.3 is 9.64 Å². The molecule has 1 saturated heterocycles. The Morgan fingerprint density at radius 1 is 1.22 bits per heavy atom. The van der Waals surface area contributed by atoms with Crippen molar-refractivity contribution in [1.82, 2.24) is 39.5 Å². The maximum Gasteiger partial charge on any atom is 0.165 e. The lowest BCUT2D eigenvalue weighted by molar-refractivity contribution is 0.191. The average molecular weight is 450 g/mol. The Hall–Kier alpha value is -3.18. The molecule has 4 aromatic rings. The average Bonchev–Trinajstić information content (AvgIpc) is 3.60. The fraction of sp³-hybridized carbons (Fsp3) is 0.429. The minimum Gasteiger partial charge on any atom is -0.379 e. The molecule has 0 bridgehead atoms. The molecule has 164 valence electrons. The number of aromatic nitrogens is 8. The summed E-state index contributed by atoms with van der Waals surface area (Å²) < 4.78 is 9.67. The van der Waals surface area contributed by atoms with Gasteiger partial charge in [-0.1, -0.05) is 6.92 Å². The summed E-state index contributed by atoms with van der Waals surface area (Å²) in [5, 5.41) is 16.2. The number of rotatable bonds is 4. The summed E-state index contributed by atoms with van der Waals surface area (Å²) in [5.74, 6) is 3.30. The molecule has 0 spiro atoms. The second-order valence-electron chi connectivity index (χ2n) is 8.06. The molecule has 0 saturated carbocycles. The lowest BCUT2D eigenvalue weighted by Gasteiger charge is -2.40. The Kier molecular flexibility index (Phi) is 4.54. The van der Waals surface area contributed by atoms with Crippen LogP contribution in [0.2, 0.25) is 0 Å². The third-order valence-electron chi connectivity index (χ3n) is 6.22. The van der Waals surface area contributed by atoms with E-state index in [0.717, 1.165) is 58.9 Å². The summed E-state index contributed by atoms with van der Waals surface area (Å²) in [6.07, 6.45) is 7.35. The van der Waals surface area contributed by atoms with Crippen molar-refractivity contribution in [3.8, 4) is 27.8 Å². The lowest BCUT2D eigenvalue weighted by atomic mass is 10.0. The predicted molar refractivity (Wildman–Crippen MR) is 120 cm³/mol. The number of fused-ring (bicyclic) bond motifs is 3. The summed E-state index contributed by atoms with van der Waals surface area (Å²) >= 11 is 1.58. The van der Waals surface area contributed by atoms with Crippen LogP contribution in [-0.2, 0) is 11.8 Å². The van der Waals surface area contributed by atoms with E-state index in [0.29, 0.717) is 12.4 Å². The molecular weight excluding hydrogens is 426 g/mol. The Morgan fingerprint density at radius 3 is 2.88 bits per heavy atom. The normalized spacial score (nSPS) is 19.9. The van der Waals surface area contributed by atoms with Crippen LogP contribution in [0.15, 0.2) is 24.0 Å². The second-order valence-corrected chi connectivity index (χ2v) is 8.95. The largest absolute Gasteiger partial charge is 0.379 e. The van der Waals surface area contributed by atoms with E-state index in [1.807, 2.05) is 36.4 Å². The van der Waals surface area contributed by atoms with Crippen LogP contribution < -0.4 is 4.90 Å². The van der Waals surface area contributed by atoms with E-state index in [1.165, 1.54) is 0 Å². The fourth-order valence-corrected chi connectivity index (χ4v) is 5.48. The van der Waals surface area contributed by atoms with Crippen molar-refractivity contribution < 1.29 is 4.74 Å². The monoisotopic (exact) mass is 449 g/mol. The molecule has 0 N–H and O–H groups in total. The van der Waals surface area contributed by atoms with Gasteiger partial charge in [0.1, 0.15) is 22.2 Å². The molecule has 10 nitrogen and oxygen atoms in total. The molecule has 0 radical (unpaired) electrons. The first-order valence-corrected chi connectivity index (χ1v) is 11.6.